The lowest BCUT2D eigenvalue weighted by atomic mass is 10.0. The third kappa shape index (κ3) is 2.15. The van der Waals surface area contributed by atoms with Crippen molar-refractivity contribution in [2.45, 2.75) is 52.3 Å². The molecule has 0 saturated heterocycles. The molecule has 1 aromatic heterocycles. The quantitative estimate of drug-likeness (QED) is 0.698. The zero-order valence-corrected chi connectivity index (χ0v) is 12.5. The van der Waals surface area contributed by atoms with Crippen molar-refractivity contribution in [3.05, 3.63) is 11.3 Å². The number of ether oxygens (including phenoxy) is 1. The number of nitrogens with one attached hydrogen (secondary N) is 1. The number of carbonyl (C=O) groups is 1. The van der Waals surface area contributed by atoms with Crippen LogP contribution in [0.4, 0.5) is 10.6 Å². The number of hydrogen-bond donors (Lipinski definition) is 2. The number of nitrogen functional groups attached to an aromatic ring is 1. The van der Waals surface area contributed by atoms with Gasteiger partial charge in [0.1, 0.15) is 12.6 Å². The topological polar surface area (TPSA) is 75.2 Å². The molecule has 0 fully saturated rings. The molecule has 0 unspecified atom stereocenters. The van der Waals surface area contributed by atoms with Gasteiger partial charge in [-0.05, 0) is 34.6 Å². The van der Waals surface area contributed by atoms with Crippen molar-refractivity contribution in [1.29, 1.82) is 0 Å². The summed E-state index contributed by atoms with van der Waals surface area (Å²) < 4.78 is 7.23. The molecule has 2 heterocycles. The Kier molecular flexibility index (Phi) is 2.80. The molecule has 0 spiro atoms. The molecule has 106 valence electrons. The SMILES string of the molecule is C[n+]1[nH]c2c(c1N)CN(C(=O)OC(C)(C)C)C2(C)C. The molecule has 1 aliphatic rings. The van der Waals surface area contributed by atoms with Gasteiger partial charge in [-0.1, -0.05) is 0 Å². The Labute approximate surface area is 113 Å². The molecule has 2 rings (SSSR count). The van der Waals surface area contributed by atoms with Crippen LogP contribution in [0.5, 0.6) is 0 Å². The molecule has 1 aliphatic heterocycles. The molecule has 6 heteroatoms. The van der Waals surface area contributed by atoms with E-state index in [0.29, 0.717) is 12.4 Å². The third-order valence-electron chi connectivity index (χ3n) is 3.47. The van der Waals surface area contributed by atoms with Crippen LogP contribution in [0.1, 0.15) is 45.9 Å². The van der Waals surface area contributed by atoms with Gasteiger partial charge in [-0.15, -0.1) is 0 Å². The van der Waals surface area contributed by atoms with E-state index in [2.05, 4.69) is 5.10 Å². The van der Waals surface area contributed by atoms with Crippen molar-refractivity contribution in [2.75, 3.05) is 5.73 Å². The van der Waals surface area contributed by atoms with Gasteiger partial charge in [0.05, 0.1) is 23.3 Å². The van der Waals surface area contributed by atoms with Crippen molar-refractivity contribution in [3.8, 4) is 0 Å². The largest absolute Gasteiger partial charge is 0.444 e. The van der Waals surface area contributed by atoms with E-state index in [1.807, 2.05) is 41.7 Å². The lowest BCUT2D eigenvalue weighted by Crippen LogP contribution is -2.45. The Hall–Kier alpha value is -1.72. The minimum atomic E-state index is -0.500. The molecular formula is C13H23N4O2+. The van der Waals surface area contributed by atoms with Crippen LogP contribution in [0, 0.1) is 0 Å². The number of aromatic amines is 1. The van der Waals surface area contributed by atoms with E-state index < -0.39 is 11.1 Å². The number of amides is 1. The second-order valence-corrected chi connectivity index (χ2v) is 6.54. The highest BCUT2D eigenvalue weighted by Gasteiger charge is 2.47. The number of H-pyrrole nitrogens is 1. The van der Waals surface area contributed by atoms with Gasteiger partial charge in [0.2, 0.25) is 0 Å². The van der Waals surface area contributed by atoms with Crippen LogP contribution < -0.4 is 10.4 Å². The number of nitrogens with zero attached hydrogens (tertiary/aromatic N) is 2. The van der Waals surface area contributed by atoms with E-state index in [1.54, 1.807) is 9.58 Å². The number of carbonyl (C=O) groups excluding carboxylic acids is 1. The second kappa shape index (κ2) is 3.88. The number of aryl methyl sites for hydroxylation is 1. The molecule has 19 heavy (non-hydrogen) atoms. The predicted molar refractivity (Wildman–Crippen MR) is 71.2 cm³/mol. The molecule has 0 atom stereocenters. The number of hydrogen-bond acceptors (Lipinski definition) is 3. The summed E-state index contributed by atoms with van der Waals surface area (Å²) in [6.07, 6.45) is -0.316. The maximum Gasteiger partial charge on any atom is 0.411 e. The average molecular weight is 267 g/mol. The van der Waals surface area contributed by atoms with Crippen molar-refractivity contribution < 1.29 is 14.2 Å². The summed E-state index contributed by atoms with van der Waals surface area (Å²) in [5.74, 6) is 0.661. The maximum absolute atomic E-state index is 12.3. The first-order chi connectivity index (χ1) is 8.54. The van der Waals surface area contributed by atoms with E-state index in [-0.39, 0.29) is 6.09 Å². The van der Waals surface area contributed by atoms with Gasteiger partial charge in [-0.2, -0.15) is 4.68 Å². The van der Waals surface area contributed by atoms with Crippen LogP contribution >= 0.6 is 0 Å². The van der Waals surface area contributed by atoms with Crippen LogP contribution in [-0.2, 0) is 23.9 Å². The summed E-state index contributed by atoms with van der Waals surface area (Å²) >= 11 is 0. The number of nitrogens with two attached hydrogens (primary N) is 1. The van der Waals surface area contributed by atoms with Gasteiger partial charge in [0, 0.05) is 0 Å². The minimum absolute atomic E-state index is 0.316. The standard InChI is InChI=1S/C13H22N4O2/c1-12(2,3)19-11(18)17-7-8-9(13(17,4)5)15-16(6)10(8)14/h7H2,1-6H3,(H2,14,15)/p+1. The van der Waals surface area contributed by atoms with Gasteiger partial charge in [0.25, 0.3) is 5.82 Å². The van der Waals surface area contributed by atoms with Gasteiger partial charge in [0.15, 0.2) is 0 Å². The highest BCUT2D eigenvalue weighted by molar-refractivity contribution is 5.71. The van der Waals surface area contributed by atoms with Crippen LogP contribution in [0.25, 0.3) is 0 Å². The smallest absolute Gasteiger partial charge is 0.411 e. The molecule has 3 N–H and O–H groups in total. The summed E-state index contributed by atoms with van der Waals surface area (Å²) in [5.41, 5.74) is 7.01. The summed E-state index contributed by atoms with van der Waals surface area (Å²) in [6, 6.07) is 0. The second-order valence-electron chi connectivity index (χ2n) is 6.54. The number of anilines is 1. The molecule has 0 saturated carbocycles. The molecule has 1 aromatic rings. The fraction of sp³-hybridized carbons (Fsp3) is 0.692. The lowest BCUT2D eigenvalue weighted by molar-refractivity contribution is -0.714. The first-order valence-corrected chi connectivity index (χ1v) is 6.41. The van der Waals surface area contributed by atoms with E-state index in [9.17, 15) is 4.79 Å². The Balaban J connectivity index is 2.31. The first kappa shape index (κ1) is 13.7. The van der Waals surface area contributed by atoms with Crippen molar-refractivity contribution in [2.24, 2.45) is 7.05 Å². The zero-order chi connectivity index (χ0) is 14.6. The number of aromatic nitrogens is 2. The van der Waals surface area contributed by atoms with Crippen LogP contribution in [0.3, 0.4) is 0 Å². The fourth-order valence-electron chi connectivity index (χ4n) is 2.39. The Morgan fingerprint density at radius 1 is 1.47 bits per heavy atom. The molecule has 0 aliphatic carbocycles. The lowest BCUT2D eigenvalue weighted by Gasteiger charge is -2.33. The van der Waals surface area contributed by atoms with Crippen LogP contribution in [0.2, 0.25) is 0 Å². The minimum Gasteiger partial charge on any atom is -0.444 e. The van der Waals surface area contributed by atoms with Gasteiger partial charge in [-0.25, -0.2) is 9.89 Å². The fourth-order valence-corrected chi connectivity index (χ4v) is 2.39. The van der Waals surface area contributed by atoms with E-state index in [4.69, 9.17) is 10.5 Å². The molecule has 1 amide bonds. The zero-order valence-electron chi connectivity index (χ0n) is 12.5. The van der Waals surface area contributed by atoms with Crippen molar-refractivity contribution in [1.82, 2.24) is 10.00 Å². The van der Waals surface area contributed by atoms with E-state index in [0.717, 1.165) is 11.3 Å². The highest BCUT2D eigenvalue weighted by atomic mass is 16.6. The average Bonchev–Trinajstić information content (AvgIpc) is 2.63. The van der Waals surface area contributed by atoms with Gasteiger partial charge < -0.3 is 4.74 Å². The van der Waals surface area contributed by atoms with Crippen LogP contribution in [0.15, 0.2) is 0 Å². The molecule has 0 bridgehead atoms. The number of fused-ring (bicyclic) bond motifs is 1. The normalized spacial score (nSPS) is 17.5. The summed E-state index contributed by atoms with van der Waals surface area (Å²) in [5, 5.41) is 3.20. The predicted octanol–water partition coefficient (Wildman–Crippen LogP) is 1.41. The molecule has 0 aromatic carbocycles. The summed E-state index contributed by atoms with van der Waals surface area (Å²) in [7, 11) is 1.86. The van der Waals surface area contributed by atoms with Gasteiger partial charge in [-0.3, -0.25) is 10.6 Å². The maximum atomic E-state index is 12.3. The number of rotatable bonds is 0. The monoisotopic (exact) mass is 267 g/mol. The van der Waals surface area contributed by atoms with Gasteiger partial charge >= 0.3 is 6.09 Å². The van der Waals surface area contributed by atoms with Crippen LogP contribution in [-0.4, -0.2) is 21.7 Å². The van der Waals surface area contributed by atoms with Crippen molar-refractivity contribution >= 4 is 11.9 Å². The summed E-state index contributed by atoms with van der Waals surface area (Å²) in [4.78, 5) is 14.0. The van der Waals surface area contributed by atoms with E-state index in [1.165, 1.54) is 0 Å². The summed E-state index contributed by atoms with van der Waals surface area (Å²) in [6.45, 7) is 10.0. The molecular weight excluding hydrogens is 244 g/mol. The highest BCUT2D eigenvalue weighted by Crippen LogP contribution is 2.39. The molecule has 6 nitrogen and oxygen atoms in total. The Morgan fingerprint density at radius 3 is 2.53 bits per heavy atom. The third-order valence-corrected chi connectivity index (χ3v) is 3.47. The Morgan fingerprint density at radius 2 is 2.05 bits per heavy atom. The van der Waals surface area contributed by atoms with E-state index >= 15 is 0 Å². The Bertz CT molecular complexity index is 525. The van der Waals surface area contributed by atoms with Crippen molar-refractivity contribution in [3.63, 3.8) is 0 Å². The molecule has 0 radical (unpaired) electrons. The first-order valence-electron chi connectivity index (χ1n) is 6.41.